The zero-order valence-corrected chi connectivity index (χ0v) is 14.7. The normalized spacial score (nSPS) is 9.50. The Bertz CT molecular complexity index is 736. The predicted octanol–water partition coefficient (Wildman–Crippen LogP) is 4.07. The Kier molecular flexibility index (Phi) is 7.56. The van der Waals surface area contributed by atoms with Crippen molar-refractivity contribution < 1.29 is 9.59 Å². The van der Waals surface area contributed by atoms with Gasteiger partial charge in [-0.15, -0.1) is 0 Å². The summed E-state index contributed by atoms with van der Waals surface area (Å²) in [5.74, 6) is -0.710. The van der Waals surface area contributed by atoms with E-state index in [1.54, 1.807) is 12.3 Å². The first-order chi connectivity index (χ1) is 11.6. The van der Waals surface area contributed by atoms with E-state index in [4.69, 9.17) is 0 Å². The Morgan fingerprint density at radius 1 is 1.21 bits per heavy atom. The van der Waals surface area contributed by atoms with Crippen LogP contribution in [0.25, 0.3) is 11.1 Å². The Hall–Kier alpha value is -2.75. The molecular weight excluding hydrogens is 300 g/mol. The molecule has 0 spiro atoms. The number of nitrogens with zero attached hydrogens (tertiary/aromatic N) is 1. The van der Waals surface area contributed by atoms with Crippen LogP contribution >= 0.6 is 0 Å². The zero-order chi connectivity index (χ0) is 18.1. The van der Waals surface area contributed by atoms with Crippen molar-refractivity contribution in [3.8, 4) is 11.1 Å². The smallest absolute Gasteiger partial charge is 0.253 e. The molecule has 0 fully saturated rings. The van der Waals surface area contributed by atoms with Crippen LogP contribution in [0.3, 0.4) is 0 Å². The molecule has 0 unspecified atom stereocenters. The Labute approximate surface area is 143 Å². The third-order valence-corrected chi connectivity index (χ3v) is 3.45. The van der Waals surface area contributed by atoms with Crippen molar-refractivity contribution in [2.24, 2.45) is 0 Å². The Morgan fingerprint density at radius 3 is 2.50 bits per heavy atom. The standard InChI is InChI=1S/C18H18N2O2.C2H6/c1-4-12-7-6-8-13(9-12)14-10-15(18(22)19-3)17(20-11-14)16(21)5-2;1-2/h5-11H,2,4H2,1,3H3,(H,19,22);1-2H3. The highest BCUT2D eigenvalue weighted by Gasteiger charge is 2.17. The summed E-state index contributed by atoms with van der Waals surface area (Å²) in [5.41, 5.74) is 3.34. The van der Waals surface area contributed by atoms with Crippen LogP contribution in [-0.2, 0) is 6.42 Å². The van der Waals surface area contributed by atoms with Crippen LogP contribution in [0.2, 0.25) is 0 Å². The van der Waals surface area contributed by atoms with Gasteiger partial charge in [-0.1, -0.05) is 51.6 Å². The second-order valence-electron chi connectivity index (χ2n) is 4.82. The van der Waals surface area contributed by atoms with Gasteiger partial charge in [-0.2, -0.15) is 0 Å². The molecule has 0 bridgehead atoms. The van der Waals surface area contributed by atoms with E-state index >= 15 is 0 Å². The maximum absolute atomic E-state index is 12.0. The van der Waals surface area contributed by atoms with E-state index in [-0.39, 0.29) is 22.9 Å². The molecule has 1 aromatic heterocycles. The van der Waals surface area contributed by atoms with Gasteiger partial charge < -0.3 is 5.32 Å². The van der Waals surface area contributed by atoms with Crippen LogP contribution in [0.1, 0.15) is 47.2 Å². The topological polar surface area (TPSA) is 59.1 Å². The second-order valence-corrected chi connectivity index (χ2v) is 4.82. The first-order valence-corrected chi connectivity index (χ1v) is 8.09. The van der Waals surface area contributed by atoms with Gasteiger partial charge in [0.1, 0.15) is 5.69 Å². The molecule has 0 saturated carbocycles. The van der Waals surface area contributed by atoms with Crippen molar-refractivity contribution in [3.63, 3.8) is 0 Å². The number of benzene rings is 1. The van der Waals surface area contributed by atoms with Crippen LogP contribution in [0.4, 0.5) is 0 Å². The minimum absolute atomic E-state index is 0.116. The second kappa shape index (κ2) is 9.40. The quantitative estimate of drug-likeness (QED) is 0.666. The fourth-order valence-corrected chi connectivity index (χ4v) is 2.19. The molecule has 0 aliphatic carbocycles. The SMILES string of the molecule is C=CC(=O)c1ncc(-c2cccc(CC)c2)cc1C(=O)NC.CC. The van der Waals surface area contributed by atoms with Gasteiger partial charge in [-0.25, -0.2) is 0 Å². The lowest BCUT2D eigenvalue weighted by molar-refractivity contribution is 0.0950. The fourth-order valence-electron chi connectivity index (χ4n) is 2.19. The van der Waals surface area contributed by atoms with Crippen molar-refractivity contribution in [1.82, 2.24) is 10.3 Å². The minimum atomic E-state index is -0.368. The third-order valence-electron chi connectivity index (χ3n) is 3.45. The number of carbonyl (C=O) groups is 2. The monoisotopic (exact) mass is 324 g/mol. The number of nitrogens with one attached hydrogen (secondary N) is 1. The van der Waals surface area contributed by atoms with Gasteiger partial charge in [0.05, 0.1) is 5.56 Å². The summed E-state index contributed by atoms with van der Waals surface area (Å²) >= 11 is 0. The summed E-state index contributed by atoms with van der Waals surface area (Å²) in [4.78, 5) is 28.0. The van der Waals surface area contributed by atoms with E-state index in [0.717, 1.165) is 23.6 Å². The molecule has 126 valence electrons. The predicted molar refractivity (Wildman–Crippen MR) is 98.3 cm³/mol. The minimum Gasteiger partial charge on any atom is -0.355 e. The lowest BCUT2D eigenvalue weighted by atomic mass is 10.00. The molecular formula is C20H24N2O2. The fraction of sp³-hybridized carbons (Fsp3) is 0.250. The van der Waals surface area contributed by atoms with Crippen LogP contribution in [0.15, 0.2) is 49.2 Å². The average Bonchev–Trinajstić information content (AvgIpc) is 2.67. The molecule has 0 saturated heterocycles. The number of hydrogen-bond acceptors (Lipinski definition) is 3. The van der Waals surface area contributed by atoms with Gasteiger partial charge in [0, 0.05) is 18.8 Å². The highest BCUT2D eigenvalue weighted by Crippen LogP contribution is 2.23. The van der Waals surface area contributed by atoms with Crippen LogP contribution < -0.4 is 5.32 Å². The lowest BCUT2D eigenvalue weighted by Crippen LogP contribution is -2.21. The first kappa shape index (κ1) is 19.3. The molecule has 1 heterocycles. The van der Waals surface area contributed by atoms with Crippen molar-refractivity contribution >= 4 is 11.7 Å². The number of aromatic nitrogens is 1. The average molecular weight is 324 g/mol. The highest BCUT2D eigenvalue weighted by molar-refractivity contribution is 6.11. The first-order valence-electron chi connectivity index (χ1n) is 8.09. The van der Waals surface area contributed by atoms with Crippen molar-refractivity contribution in [1.29, 1.82) is 0 Å². The number of pyridine rings is 1. The molecule has 24 heavy (non-hydrogen) atoms. The van der Waals surface area contributed by atoms with Crippen molar-refractivity contribution in [3.05, 3.63) is 66.0 Å². The number of aryl methyl sites for hydroxylation is 1. The van der Waals surface area contributed by atoms with E-state index < -0.39 is 0 Å². The van der Waals surface area contributed by atoms with Gasteiger partial charge in [-0.05, 0) is 29.7 Å². The molecule has 4 heteroatoms. The van der Waals surface area contributed by atoms with E-state index in [0.29, 0.717) is 0 Å². The lowest BCUT2D eigenvalue weighted by Gasteiger charge is -2.09. The van der Waals surface area contributed by atoms with E-state index in [1.165, 1.54) is 12.6 Å². The number of rotatable bonds is 5. The molecule has 1 N–H and O–H groups in total. The van der Waals surface area contributed by atoms with Gasteiger partial charge in [0.15, 0.2) is 0 Å². The number of amides is 1. The summed E-state index contributed by atoms with van der Waals surface area (Å²) in [7, 11) is 1.52. The number of hydrogen-bond donors (Lipinski definition) is 1. The maximum Gasteiger partial charge on any atom is 0.253 e. The van der Waals surface area contributed by atoms with E-state index in [9.17, 15) is 9.59 Å². The Balaban J connectivity index is 0.00000139. The van der Waals surface area contributed by atoms with Gasteiger partial charge in [-0.3, -0.25) is 14.6 Å². The van der Waals surface area contributed by atoms with E-state index in [2.05, 4.69) is 29.9 Å². The molecule has 0 aliphatic rings. The van der Waals surface area contributed by atoms with Crippen LogP contribution in [0, 0.1) is 0 Å². The largest absolute Gasteiger partial charge is 0.355 e. The molecule has 4 nitrogen and oxygen atoms in total. The molecule has 0 atom stereocenters. The van der Waals surface area contributed by atoms with Crippen molar-refractivity contribution in [2.75, 3.05) is 7.05 Å². The van der Waals surface area contributed by atoms with Crippen molar-refractivity contribution in [2.45, 2.75) is 27.2 Å². The molecule has 1 amide bonds. The maximum atomic E-state index is 12.0. The van der Waals surface area contributed by atoms with Gasteiger partial charge in [0.2, 0.25) is 5.78 Å². The molecule has 0 aliphatic heterocycles. The van der Waals surface area contributed by atoms with E-state index in [1.807, 2.05) is 32.0 Å². The summed E-state index contributed by atoms with van der Waals surface area (Å²) in [6.45, 7) is 9.53. The highest BCUT2D eigenvalue weighted by atomic mass is 16.2. The number of ketones is 1. The molecule has 2 aromatic rings. The third kappa shape index (κ3) is 4.38. The zero-order valence-electron chi connectivity index (χ0n) is 14.7. The number of allylic oxidation sites excluding steroid dienone is 1. The number of carbonyl (C=O) groups excluding carboxylic acids is 2. The molecule has 1 aromatic carbocycles. The summed E-state index contributed by atoms with van der Waals surface area (Å²) < 4.78 is 0. The summed E-state index contributed by atoms with van der Waals surface area (Å²) in [6, 6.07) is 9.72. The Morgan fingerprint density at radius 2 is 1.92 bits per heavy atom. The van der Waals surface area contributed by atoms with Gasteiger partial charge in [0.25, 0.3) is 5.91 Å². The summed E-state index contributed by atoms with van der Waals surface area (Å²) in [6.07, 6.45) is 3.70. The summed E-state index contributed by atoms with van der Waals surface area (Å²) in [5, 5.41) is 2.54. The molecule has 2 rings (SSSR count). The van der Waals surface area contributed by atoms with Crippen LogP contribution in [-0.4, -0.2) is 23.7 Å². The van der Waals surface area contributed by atoms with Gasteiger partial charge >= 0.3 is 0 Å². The molecule has 0 radical (unpaired) electrons. The van der Waals surface area contributed by atoms with Crippen LogP contribution in [0.5, 0.6) is 0 Å².